The molecule has 0 atom stereocenters. The van der Waals surface area contributed by atoms with Gasteiger partial charge >= 0.3 is 0 Å². The number of nitrogens with one attached hydrogen (secondary N) is 1. The molecule has 0 bridgehead atoms. The van der Waals surface area contributed by atoms with Gasteiger partial charge in [-0.05, 0) is 77.2 Å². The van der Waals surface area contributed by atoms with E-state index in [-0.39, 0.29) is 16.4 Å². The highest BCUT2D eigenvalue weighted by Crippen LogP contribution is 2.22. The Bertz CT molecular complexity index is 1050. The zero-order valence-electron chi connectivity index (χ0n) is 14.5. The van der Waals surface area contributed by atoms with Gasteiger partial charge in [-0.2, -0.15) is 0 Å². The first-order valence-corrected chi connectivity index (χ1v) is 10.6. The van der Waals surface area contributed by atoms with E-state index in [9.17, 15) is 13.2 Å². The van der Waals surface area contributed by atoms with Crippen LogP contribution in [0.15, 0.2) is 83.8 Å². The molecule has 0 aliphatic heterocycles. The number of halogens is 1. The van der Waals surface area contributed by atoms with Gasteiger partial charge in [0.25, 0.3) is 15.9 Å². The van der Waals surface area contributed by atoms with E-state index in [0.717, 1.165) is 3.57 Å². The van der Waals surface area contributed by atoms with Gasteiger partial charge < -0.3 is 5.32 Å². The fourth-order valence-electron chi connectivity index (χ4n) is 2.47. The second kappa shape index (κ2) is 8.10. The van der Waals surface area contributed by atoms with Gasteiger partial charge in [0.1, 0.15) is 0 Å². The molecular weight excluding hydrogens is 475 g/mol. The van der Waals surface area contributed by atoms with Crippen molar-refractivity contribution in [3.8, 4) is 0 Å². The molecule has 138 valence electrons. The highest BCUT2D eigenvalue weighted by Gasteiger charge is 2.22. The Morgan fingerprint density at radius 1 is 0.926 bits per heavy atom. The number of amides is 1. The van der Waals surface area contributed by atoms with Crippen LogP contribution in [0.5, 0.6) is 0 Å². The maximum atomic E-state index is 12.9. The highest BCUT2D eigenvalue weighted by atomic mass is 127. The predicted molar refractivity (Wildman–Crippen MR) is 116 cm³/mol. The van der Waals surface area contributed by atoms with Crippen molar-refractivity contribution >= 4 is 49.9 Å². The van der Waals surface area contributed by atoms with Gasteiger partial charge in [-0.3, -0.25) is 9.10 Å². The maximum absolute atomic E-state index is 12.9. The van der Waals surface area contributed by atoms with E-state index in [0.29, 0.717) is 11.4 Å². The maximum Gasteiger partial charge on any atom is 0.264 e. The summed E-state index contributed by atoms with van der Waals surface area (Å²) in [7, 11) is -2.29. The molecule has 3 rings (SSSR count). The lowest BCUT2D eigenvalue weighted by Crippen LogP contribution is -2.26. The summed E-state index contributed by atoms with van der Waals surface area (Å²) in [5.41, 5.74) is 1.47. The highest BCUT2D eigenvalue weighted by molar-refractivity contribution is 14.1. The van der Waals surface area contributed by atoms with Gasteiger partial charge in [0.15, 0.2) is 0 Å². The average Bonchev–Trinajstić information content (AvgIpc) is 2.70. The molecule has 3 aromatic carbocycles. The Balaban J connectivity index is 1.86. The number of carbonyl (C=O) groups is 1. The second-order valence-electron chi connectivity index (χ2n) is 5.80. The molecule has 0 spiro atoms. The Hall–Kier alpha value is -2.39. The lowest BCUT2D eigenvalue weighted by atomic mass is 10.2. The third-order valence-corrected chi connectivity index (χ3v) is 6.48. The van der Waals surface area contributed by atoms with Crippen molar-refractivity contribution in [1.29, 1.82) is 0 Å². The van der Waals surface area contributed by atoms with Crippen molar-refractivity contribution in [1.82, 2.24) is 0 Å². The molecule has 0 radical (unpaired) electrons. The van der Waals surface area contributed by atoms with Crippen LogP contribution >= 0.6 is 22.6 Å². The minimum atomic E-state index is -3.77. The van der Waals surface area contributed by atoms with Crippen LogP contribution in [0.25, 0.3) is 0 Å². The summed E-state index contributed by atoms with van der Waals surface area (Å²) in [5, 5.41) is 2.77. The predicted octanol–water partition coefficient (Wildman–Crippen LogP) is 4.37. The molecule has 5 nitrogen and oxygen atoms in total. The van der Waals surface area contributed by atoms with Gasteiger partial charge in [0, 0.05) is 21.9 Å². The quantitative estimate of drug-likeness (QED) is 0.539. The summed E-state index contributed by atoms with van der Waals surface area (Å²) >= 11 is 2.18. The summed E-state index contributed by atoms with van der Waals surface area (Å²) in [6.07, 6.45) is 0. The third kappa shape index (κ3) is 4.48. The topological polar surface area (TPSA) is 66.5 Å². The van der Waals surface area contributed by atoms with Crippen LogP contribution in [-0.4, -0.2) is 21.4 Å². The van der Waals surface area contributed by atoms with Gasteiger partial charge in [0.2, 0.25) is 0 Å². The standard InChI is InChI=1S/C20H17IN2O3S/c1-23(18-7-3-2-4-8-18)27(25,26)19-9-5-6-15(14-19)20(24)22-17-12-10-16(21)11-13-17/h2-14H,1H3,(H,22,24). The Morgan fingerprint density at radius 3 is 2.26 bits per heavy atom. The second-order valence-corrected chi connectivity index (χ2v) is 9.01. The third-order valence-electron chi connectivity index (χ3n) is 3.98. The Morgan fingerprint density at radius 2 is 1.59 bits per heavy atom. The Labute approximate surface area is 172 Å². The molecule has 0 unspecified atom stereocenters. The van der Waals surface area contributed by atoms with E-state index in [4.69, 9.17) is 0 Å². The van der Waals surface area contributed by atoms with E-state index in [1.807, 2.05) is 18.2 Å². The van der Waals surface area contributed by atoms with Crippen molar-refractivity contribution < 1.29 is 13.2 Å². The first-order chi connectivity index (χ1) is 12.9. The van der Waals surface area contributed by atoms with Crippen molar-refractivity contribution in [2.45, 2.75) is 4.90 Å². The molecule has 0 heterocycles. The van der Waals surface area contributed by atoms with Crippen LogP contribution in [0, 0.1) is 3.57 Å². The molecule has 0 fully saturated rings. The Kier molecular flexibility index (Phi) is 5.81. The zero-order chi connectivity index (χ0) is 19.4. The fourth-order valence-corrected chi connectivity index (χ4v) is 4.07. The monoisotopic (exact) mass is 492 g/mol. The molecular formula is C20H17IN2O3S. The van der Waals surface area contributed by atoms with Crippen molar-refractivity contribution in [3.63, 3.8) is 0 Å². The molecule has 3 aromatic rings. The summed E-state index contributed by atoms with van der Waals surface area (Å²) in [5.74, 6) is -0.365. The van der Waals surface area contributed by atoms with Crippen LogP contribution in [0.4, 0.5) is 11.4 Å². The van der Waals surface area contributed by atoms with Crippen LogP contribution in [0.1, 0.15) is 10.4 Å². The molecule has 0 aliphatic carbocycles. The van der Waals surface area contributed by atoms with E-state index in [1.165, 1.54) is 23.5 Å². The average molecular weight is 492 g/mol. The van der Waals surface area contributed by atoms with Crippen molar-refractivity contribution in [2.24, 2.45) is 0 Å². The van der Waals surface area contributed by atoms with Gasteiger partial charge in [0.05, 0.1) is 10.6 Å². The van der Waals surface area contributed by atoms with E-state index >= 15 is 0 Å². The first kappa shape index (κ1) is 19.4. The van der Waals surface area contributed by atoms with Crippen LogP contribution in [0.2, 0.25) is 0 Å². The molecule has 1 N–H and O–H groups in total. The van der Waals surface area contributed by atoms with Gasteiger partial charge in [-0.15, -0.1) is 0 Å². The fraction of sp³-hybridized carbons (Fsp3) is 0.0500. The number of carbonyl (C=O) groups excluding carboxylic acids is 1. The molecule has 0 saturated heterocycles. The molecule has 1 amide bonds. The number of anilines is 2. The summed E-state index contributed by atoms with van der Waals surface area (Å²) in [6.45, 7) is 0. The van der Waals surface area contributed by atoms with Crippen molar-refractivity contribution in [3.05, 3.63) is 88.0 Å². The number of benzene rings is 3. The number of hydrogen-bond acceptors (Lipinski definition) is 3. The molecule has 7 heteroatoms. The lowest BCUT2D eigenvalue weighted by molar-refractivity contribution is 0.102. The normalized spacial score (nSPS) is 11.0. The van der Waals surface area contributed by atoms with Crippen molar-refractivity contribution in [2.75, 3.05) is 16.7 Å². The van der Waals surface area contributed by atoms with Crippen LogP contribution in [-0.2, 0) is 10.0 Å². The SMILES string of the molecule is CN(c1ccccc1)S(=O)(=O)c1cccc(C(=O)Nc2ccc(I)cc2)c1. The van der Waals surface area contributed by atoms with E-state index < -0.39 is 10.0 Å². The van der Waals surface area contributed by atoms with Crippen LogP contribution in [0.3, 0.4) is 0 Å². The molecule has 27 heavy (non-hydrogen) atoms. The van der Waals surface area contributed by atoms with Crippen LogP contribution < -0.4 is 9.62 Å². The minimum absolute atomic E-state index is 0.0594. The molecule has 0 aromatic heterocycles. The van der Waals surface area contributed by atoms with E-state index in [2.05, 4.69) is 27.9 Å². The molecule has 0 saturated carbocycles. The smallest absolute Gasteiger partial charge is 0.264 e. The van der Waals surface area contributed by atoms with E-state index in [1.54, 1.807) is 48.5 Å². The largest absolute Gasteiger partial charge is 0.322 e. The first-order valence-electron chi connectivity index (χ1n) is 8.09. The van der Waals surface area contributed by atoms with Gasteiger partial charge in [-0.25, -0.2) is 8.42 Å². The minimum Gasteiger partial charge on any atom is -0.322 e. The number of rotatable bonds is 5. The molecule has 0 aliphatic rings. The number of para-hydroxylation sites is 1. The lowest BCUT2D eigenvalue weighted by Gasteiger charge is -2.19. The number of hydrogen-bond donors (Lipinski definition) is 1. The summed E-state index contributed by atoms with van der Waals surface area (Å²) < 4.78 is 28.0. The summed E-state index contributed by atoms with van der Waals surface area (Å²) in [6, 6.07) is 22.2. The zero-order valence-corrected chi connectivity index (χ0v) is 17.4. The van der Waals surface area contributed by atoms with Gasteiger partial charge in [-0.1, -0.05) is 24.3 Å². The number of nitrogens with zero attached hydrogens (tertiary/aromatic N) is 1. The summed E-state index contributed by atoms with van der Waals surface area (Å²) in [4.78, 5) is 12.6. The number of sulfonamides is 1.